The van der Waals surface area contributed by atoms with Crippen molar-refractivity contribution in [3.63, 3.8) is 0 Å². The number of hydrogen-bond donors (Lipinski definition) is 0. The number of carbonyl (C=O) groups is 1. The van der Waals surface area contributed by atoms with E-state index in [9.17, 15) is 13.6 Å². The molecule has 1 nitrogen and oxygen atoms in total. The Morgan fingerprint density at radius 3 is 2.40 bits per heavy atom. The predicted octanol–water partition coefficient (Wildman–Crippen LogP) is 4.48. The third-order valence-corrected chi connectivity index (χ3v) is 3.15. The number of ketones is 1. The van der Waals surface area contributed by atoms with E-state index in [0.717, 1.165) is 28.8 Å². The lowest BCUT2D eigenvalue weighted by molar-refractivity contribution is 0.104. The molecule has 0 fully saturated rings. The van der Waals surface area contributed by atoms with Crippen molar-refractivity contribution in [2.45, 2.75) is 13.8 Å². The van der Waals surface area contributed by atoms with Gasteiger partial charge in [-0.05, 0) is 48.7 Å². The second kappa shape index (κ2) is 5.78. The van der Waals surface area contributed by atoms with Crippen LogP contribution in [0.25, 0.3) is 6.08 Å². The molecular weight excluding hydrogens is 258 g/mol. The summed E-state index contributed by atoms with van der Waals surface area (Å²) >= 11 is 0. The van der Waals surface area contributed by atoms with Crippen LogP contribution < -0.4 is 0 Å². The molecule has 0 saturated heterocycles. The molecule has 0 N–H and O–H groups in total. The Labute approximate surface area is 116 Å². The molecule has 0 aliphatic carbocycles. The lowest BCUT2D eigenvalue weighted by Gasteiger charge is -2.01. The third kappa shape index (κ3) is 3.18. The minimum Gasteiger partial charge on any atom is -0.289 e. The minimum atomic E-state index is -0.847. The van der Waals surface area contributed by atoms with E-state index in [2.05, 4.69) is 0 Å². The van der Waals surface area contributed by atoms with Crippen molar-refractivity contribution in [3.05, 3.63) is 76.4 Å². The molecule has 0 atom stereocenters. The summed E-state index contributed by atoms with van der Waals surface area (Å²) in [5.41, 5.74) is 3.01. The Hall–Kier alpha value is -2.29. The Morgan fingerprint density at radius 1 is 1.00 bits per heavy atom. The molecule has 0 radical (unpaired) electrons. The van der Waals surface area contributed by atoms with Gasteiger partial charge in [0.25, 0.3) is 0 Å². The van der Waals surface area contributed by atoms with Crippen LogP contribution in [-0.4, -0.2) is 5.78 Å². The fourth-order valence-corrected chi connectivity index (χ4v) is 1.82. The zero-order valence-electron chi connectivity index (χ0n) is 11.3. The Balaban J connectivity index is 2.22. The van der Waals surface area contributed by atoms with Gasteiger partial charge in [0.2, 0.25) is 0 Å². The lowest BCUT2D eigenvalue weighted by atomic mass is 10.0. The zero-order valence-corrected chi connectivity index (χ0v) is 11.3. The van der Waals surface area contributed by atoms with Crippen molar-refractivity contribution in [1.29, 1.82) is 0 Å². The summed E-state index contributed by atoms with van der Waals surface area (Å²) in [5, 5.41) is 0. The molecule has 2 aromatic rings. The summed E-state index contributed by atoms with van der Waals surface area (Å²) < 4.78 is 26.2. The molecule has 0 aromatic heterocycles. The number of hydrogen-bond acceptors (Lipinski definition) is 1. The third-order valence-electron chi connectivity index (χ3n) is 3.15. The number of rotatable bonds is 3. The van der Waals surface area contributed by atoms with Crippen molar-refractivity contribution in [3.8, 4) is 0 Å². The van der Waals surface area contributed by atoms with Gasteiger partial charge in [-0.1, -0.05) is 24.3 Å². The van der Waals surface area contributed by atoms with E-state index in [4.69, 9.17) is 0 Å². The summed E-state index contributed by atoms with van der Waals surface area (Å²) in [6, 6.07) is 8.71. The van der Waals surface area contributed by atoms with Crippen molar-refractivity contribution in [2.75, 3.05) is 0 Å². The van der Waals surface area contributed by atoms with Crippen molar-refractivity contribution in [1.82, 2.24) is 0 Å². The second-order valence-corrected chi connectivity index (χ2v) is 4.67. The van der Waals surface area contributed by atoms with Gasteiger partial charge in [0, 0.05) is 6.07 Å². The molecule has 3 heteroatoms. The quantitative estimate of drug-likeness (QED) is 0.595. The van der Waals surface area contributed by atoms with E-state index >= 15 is 0 Å². The van der Waals surface area contributed by atoms with E-state index in [1.54, 1.807) is 6.08 Å². The maximum Gasteiger partial charge on any atom is 0.188 e. The average Bonchev–Trinajstić information content (AvgIpc) is 2.40. The molecule has 2 rings (SSSR count). The fourth-order valence-electron chi connectivity index (χ4n) is 1.82. The number of benzene rings is 2. The van der Waals surface area contributed by atoms with Crippen LogP contribution in [0.15, 0.2) is 42.5 Å². The molecule has 0 spiro atoms. The predicted molar refractivity (Wildman–Crippen MR) is 75.6 cm³/mol. The van der Waals surface area contributed by atoms with Crippen molar-refractivity contribution in [2.24, 2.45) is 0 Å². The number of halogens is 2. The molecule has 0 heterocycles. The number of aryl methyl sites for hydroxylation is 2. The fraction of sp³-hybridized carbons (Fsp3) is 0.118. The van der Waals surface area contributed by atoms with Gasteiger partial charge in [-0.15, -0.1) is 0 Å². The van der Waals surface area contributed by atoms with Crippen LogP contribution in [0, 0.1) is 25.5 Å². The largest absolute Gasteiger partial charge is 0.289 e. The van der Waals surface area contributed by atoms with Crippen LogP contribution in [0.3, 0.4) is 0 Å². The van der Waals surface area contributed by atoms with Gasteiger partial charge < -0.3 is 0 Å². The Bertz CT molecular complexity index is 687. The molecule has 2 aromatic carbocycles. The van der Waals surface area contributed by atoms with Gasteiger partial charge in [-0.25, -0.2) is 8.78 Å². The van der Waals surface area contributed by atoms with Crippen LogP contribution in [0.1, 0.15) is 27.0 Å². The lowest BCUT2D eigenvalue weighted by Crippen LogP contribution is -1.99. The zero-order chi connectivity index (χ0) is 14.7. The molecule has 0 aliphatic rings. The first-order chi connectivity index (χ1) is 9.47. The molecule has 0 aliphatic heterocycles. The topological polar surface area (TPSA) is 17.1 Å². The molecule has 20 heavy (non-hydrogen) atoms. The summed E-state index contributed by atoms with van der Waals surface area (Å²) in [5.74, 6) is -2.03. The SMILES string of the molecule is Cc1ccc(/C=C/C(=O)c2ccc(F)cc2F)cc1C. The van der Waals surface area contributed by atoms with Gasteiger partial charge in [0.15, 0.2) is 5.78 Å². The Morgan fingerprint density at radius 2 is 1.75 bits per heavy atom. The van der Waals surface area contributed by atoms with Crippen LogP contribution >= 0.6 is 0 Å². The standard InChI is InChI=1S/C17H14F2O/c1-11-3-4-13(9-12(11)2)5-8-17(20)15-7-6-14(18)10-16(15)19/h3-10H,1-2H3/b8-5+. The molecule has 102 valence electrons. The van der Waals surface area contributed by atoms with Gasteiger partial charge in [-0.3, -0.25) is 4.79 Å². The summed E-state index contributed by atoms with van der Waals surface area (Å²) in [6.45, 7) is 3.98. The normalized spacial score (nSPS) is 11.0. The number of carbonyl (C=O) groups excluding carboxylic acids is 1. The van der Waals surface area contributed by atoms with Gasteiger partial charge in [-0.2, -0.15) is 0 Å². The van der Waals surface area contributed by atoms with E-state index in [0.29, 0.717) is 6.07 Å². The summed E-state index contributed by atoms with van der Waals surface area (Å²) in [6.07, 6.45) is 2.91. The van der Waals surface area contributed by atoms with Crippen LogP contribution in [0.2, 0.25) is 0 Å². The van der Waals surface area contributed by atoms with Crippen molar-refractivity contribution < 1.29 is 13.6 Å². The molecule has 0 unspecified atom stereocenters. The Kier molecular flexibility index (Phi) is 4.08. The monoisotopic (exact) mass is 272 g/mol. The highest BCUT2D eigenvalue weighted by atomic mass is 19.1. The van der Waals surface area contributed by atoms with Crippen LogP contribution in [-0.2, 0) is 0 Å². The first kappa shape index (κ1) is 14.1. The molecule has 0 bridgehead atoms. The van der Waals surface area contributed by atoms with E-state index < -0.39 is 17.4 Å². The molecule has 0 saturated carbocycles. The molecular formula is C17H14F2O. The van der Waals surface area contributed by atoms with E-state index in [1.807, 2.05) is 32.0 Å². The maximum absolute atomic E-state index is 13.4. The minimum absolute atomic E-state index is 0.133. The van der Waals surface area contributed by atoms with Gasteiger partial charge in [0.1, 0.15) is 11.6 Å². The van der Waals surface area contributed by atoms with E-state index in [1.165, 1.54) is 6.08 Å². The first-order valence-electron chi connectivity index (χ1n) is 6.22. The number of allylic oxidation sites excluding steroid dienone is 1. The van der Waals surface area contributed by atoms with Gasteiger partial charge in [0.05, 0.1) is 5.56 Å². The van der Waals surface area contributed by atoms with E-state index in [-0.39, 0.29) is 5.56 Å². The highest BCUT2D eigenvalue weighted by Gasteiger charge is 2.09. The maximum atomic E-state index is 13.4. The second-order valence-electron chi connectivity index (χ2n) is 4.67. The van der Waals surface area contributed by atoms with Crippen LogP contribution in [0.4, 0.5) is 8.78 Å². The van der Waals surface area contributed by atoms with Crippen LogP contribution in [0.5, 0.6) is 0 Å². The first-order valence-corrected chi connectivity index (χ1v) is 6.22. The summed E-state index contributed by atoms with van der Waals surface area (Å²) in [7, 11) is 0. The average molecular weight is 272 g/mol. The highest BCUT2D eigenvalue weighted by molar-refractivity contribution is 6.06. The summed E-state index contributed by atoms with van der Waals surface area (Å²) in [4.78, 5) is 11.9. The highest BCUT2D eigenvalue weighted by Crippen LogP contribution is 2.14. The van der Waals surface area contributed by atoms with Crippen molar-refractivity contribution >= 4 is 11.9 Å². The molecule has 0 amide bonds. The smallest absolute Gasteiger partial charge is 0.188 e. The van der Waals surface area contributed by atoms with Gasteiger partial charge >= 0.3 is 0 Å².